The summed E-state index contributed by atoms with van der Waals surface area (Å²) in [5.41, 5.74) is 1.01. The van der Waals surface area contributed by atoms with E-state index in [0.29, 0.717) is 5.88 Å². The molecule has 0 bridgehead atoms. The van der Waals surface area contributed by atoms with Crippen molar-refractivity contribution in [3.8, 4) is 11.6 Å². The first kappa shape index (κ1) is 15.6. The summed E-state index contributed by atoms with van der Waals surface area (Å²) in [6.07, 6.45) is 3.59. The second-order valence-electron chi connectivity index (χ2n) is 4.90. The number of hydrogen-bond acceptors (Lipinski definition) is 5. The Hall–Kier alpha value is -1.75. The van der Waals surface area contributed by atoms with Gasteiger partial charge in [0.25, 0.3) is 0 Å². The third-order valence-electron chi connectivity index (χ3n) is 3.04. The Morgan fingerprint density at radius 3 is 2.48 bits per heavy atom. The molecule has 0 atom stereocenters. The zero-order chi connectivity index (χ0) is 15.2. The predicted octanol–water partition coefficient (Wildman–Crippen LogP) is 4.55. The van der Waals surface area contributed by atoms with E-state index in [0.717, 1.165) is 23.7 Å². The maximum atomic E-state index is 5.96. The zero-order valence-electron chi connectivity index (χ0n) is 12.9. The topological polar surface area (TPSA) is 47.0 Å². The summed E-state index contributed by atoms with van der Waals surface area (Å²) in [6.45, 7) is 7.10. The van der Waals surface area contributed by atoms with Crippen LogP contribution < -0.4 is 10.1 Å². The van der Waals surface area contributed by atoms with E-state index < -0.39 is 0 Å². The van der Waals surface area contributed by atoms with Gasteiger partial charge in [0, 0.05) is 11.4 Å². The Bertz CT molecular complexity index is 585. The average Bonchev–Trinajstić information content (AvgIpc) is 2.48. The zero-order valence-corrected chi connectivity index (χ0v) is 13.7. The third kappa shape index (κ3) is 3.88. The van der Waals surface area contributed by atoms with Gasteiger partial charge in [-0.1, -0.05) is 13.8 Å². The molecule has 1 N–H and O–H groups in total. The van der Waals surface area contributed by atoms with E-state index in [4.69, 9.17) is 4.74 Å². The fraction of sp³-hybridized carbons (Fsp3) is 0.375. The Labute approximate surface area is 130 Å². The van der Waals surface area contributed by atoms with Crippen LogP contribution in [0.2, 0.25) is 0 Å². The Morgan fingerprint density at radius 2 is 1.90 bits per heavy atom. The minimum Gasteiger partial charge on any atom is -0.439 e. The predicted molar refractivity (Wildman–Crippen MR) is 88.6 cm³/mol. The largest absolute Gasteiger partial charge is 0.439 e. The van der Waals surface area contributed by atoms with Gasteiger partial charge in [-0.15, -0.1) is 11.8 Å². The van der Waals surface area contributed by atoms with E-state index in [-0.39, 0.29) is 5.92 Å². The van der Waals surface area contributed by atoms with E-state index in [2.05, 4.69) is 35.4 Å². The summed E-state index contributed by atoms with van der Waals surface area (Å²) in [7, 11) is 0. The molecule has 0 spiro atoms. The normalized spacial score (nSPS) is 10.7. The van der Waals surface area contributed by atoms with Gasteiger partial charge in [-0.2, -0.15) is 0 Å². The number of nitrogens with one attached hydrogen (secondary N) is 1. The van der Waals surface area contributed by atoms with Crippen molar-refractivity contribution in [2.75, 3.05) is 18.1 Å². The first-order valence-corrected chi connectivity index (χ1v) is 8.28. The molecule has 0 aliphatic heterocycles. The first-order valence-electron chi connectivity index (χ1n) is 7.06. The molecule has 0 aliphatic carbocycles. The fourth-order valence-electron chi connectivity index (χ4n) is 2.04. The molecule has 2 aromatic rings. The SMILES string of the molecule is CCNc1ncnc(Oc2ccc(SC)cc2)c1C(C)C. The lowest BCUT2D eigenvalue weighted by Gasteiger charge is -2.16. The second-order valence-corrected chi connectivity index (χ2v) is 5.78. The first-order chi connectivity index (χ1) is 10.2. The molecule has 4 nitrogen and oxygen atoms in total. The molecule has 0 saturated carbocycles. The smallest absolute Gasteiger partial charge is 0.227 e. The van der Waals surface area contributed by atoms with Crippen LogP contribution >= 0.6 is 11.8 Å². The summed E-state index contributed by atoms with van der Waals surface area (Å²) in [5.74, 6) is 2.53. The monoisotopic (exact) mass is 303 g/mol. The number of hydrogen-bond donors (Lipinski definition) is 1. The van der Waals surface area contributed by atoms with Crippen molar-refractivity contribution in [1.82, 2.24) is 9.97 Å². The quantitative estimate of drug-likeness (QED) is 0.793. The number of ether oxygens (including phenoxy) is 1. The molecule has 21 heavy (non-hydrogen) atoms. The van der Waals surface area contributed by atoms with Gasteiger partial charge in [0.05, 0.1) is 5.56 Å². The molecule has 0 fully saturated rings. The summed E-state index contributed by atoms with van der Waals surface area (Å²) >= 11 is 1.71. The summed E-state index contributed by atoms with van der Waals surface area (Å²) < 4.78 is 5.96. The Kier molecular flexibility index (Phi) is 5.44. The van der Waals surface area contributed by atoms with Crippen LogP contribution in [0.3, 0.4) is 0 Å². The number of nitrogens with zero attached hydrogens (tertiary/aromatic N) is 2. The highest BCUT2D eigenvalue weighted by molar-refractivity contribution is 7.98. The lowest BCUT2D eigenvalue weighted by molar-refractivity contribution is 0.451. The molecular formula is C16H21N3OS. The highest BCUT2D eigenvalue weighted by Crippen LogP contribution is 2.33. The molecule has 2 rings (SSSR count). The van der Waals surface area contributed by atoms with Gasteiger partial charge >= 0.3 is 0 Å². The maximum Gasteiger partial charge on any atom is 0.227 e. The summed E-state index contributed by atoms with van der Waals surface area (Å²) in [6, 6.07) is 8.01. The number of rotatable bonds is 6. The van der Waals surface area contributed by atoms with Gasteiger partial charge in [0.2, 0.25) is 5.88 Å². The van der Waals surface area contributed by atoms with Gasteiger partial charge < -0.3 is 10.1 Å². The highest BCUT2D eigenvalue weighted by Gasteiger charge is 2.16. The van der Waals surface area contributed by atoms with Crippen LogP contribution in [-0.4, -0.2) is 22.8 Å². The van der Waals surface area contributed by atoms with Crippen LogP contribution in [0.5, 0.6) is 11.6 Å². The minimum atomic E-state index is 0.278. The number of benzene rings is 1. The number of anilines is 1. The van der Waals surface area contributed by atoms with E-state index in [1.54, 1.807) is 11.8 Å². The van der Waals surface area contributed by atoms with Crippen LogP contribution in [-0.2, 0) is 0 Å². The third-order valence-corrected chi connectivity index (χ3v) is 3.79. The van der Waals surface area contributed by atoms with Crippen molar-refractivity contribution in [3.05, 3.63) is 36.2 Å². The van der Waals surface area contributed by atoms with E-state index >= 15 is 0 Å². The molecule has 0 radical (unpaired) electrons. The highest BCUT2D eigenvalue weighted by atomic mass is 32.2. The maximum absolute atomic E-state index is 5.96. The lowest BCUT2D eigenvalue weighted by Crippen LogP contribution is -2.07. The molecule has 112 valence electrons. The second kappa shape index (κ2) is 7.31. The molecule has 5 heteroatoms. The van der Waals surface area contributed by atoms with E-state index in [9.17, 15) is 0 Å². The van der Waals surface area contributed by atoms with Crippen molar-refractivity contribution in [1.29, 1.82) is 0 Å². The molecule has 0 aliphatic rings. The van der Waals surface area contributed by atoms with Gasteiger partial charge in [-0.05, 0) is 43.4 Å². The number of thioether (sulfide) groups is 1. The molecular weight excluding hydrogens is 282 g/mol. The van der Waals surface area contributed by atoms with E-state index in [1.807, 2.05) is 31.2 Å². The number of aromatic nitrogens is 2. The van der Waals surface area contributed by atoms with Gasteiger partial charge in [0.1, 0.15) is 17.9 Å². The Morgan fingerprint density at radius 1 is 1.19 bits per heavy atom. The van der Waals surface area contributed by atoms with Crippen molar-refractivity contribution in [3.63, 3.8) is 0 Å². The van der Waals surface area contributed by atoms with Crippen molar-refractivity contribution in [2.45, 2.75) is 31.6 Å². The van der Waals surface area contributed by atoms with Crippen LogP contribution in [0.1, 0.15) is 32.3 Å². The van der Waals surface area contributed by atoms with Crippen LogP contribution in [0, 0.1) is 0 Å². The van der Waals surface area contributed by atoms with Gasteiger partial charge in [-0.25, -0.2) is 9.97 Å². The minimum absolute atomic E-state index is 0.278. The molecule has 0 unspecified atom stereocenters. The lowest BCUT2D eigenvalue weighted by atomic mass is 10.1. The van der Waals surface area contributed by atoms with Crippen LogP contribution in [0.15, 0.2) is 35.5 Å². The Balaban J connectivity index is 2.31. The molecule has 1 aromatic heterocycles. The standard InChI is InChI=1S/C16H21N3OS/c1-5-17-15-14(11(2)3)16(19-10-18-15)20-12-6-8-13(21-4)9-7-12/h6-11H,5H2,1-4H3,(H,17,18,19). The fourth-order valence-corrected chi connectivity index (χ4v) is 2.45. The average molecular weight is 303 g/mol. The van der Waals surface area contributed by atoms with Crippen molar-refractivity contribution >= 4 is 17.6 Å². The molecule has 0 saturated heterocycles. The molecule has 0 amide bonds. The van der Waals surface area contributed by atoms with Gasteiger partial charge in [-0.3, -0.25) is 0 Å². The summed E-state index contributed by atoms with van der Waals surface area (Å²) in [4.78, 5) is 9.83. The van der Waals surface area contributed by atoms with Crippen molar-refractivity contribution < 1.29 is 4.74 Å². The van der Waals surface area contributed by atoms with E-state index in [1.165, 1.54) is 11.2 Å². The van der Waals surface area contributed by atoms with Crippen molar-refractivity contribution in [2.24, 2.45) is 0 Å². The molecule has 1 aromatic carbocycles. The summed E-state index contributed by atoms with van der Waals surface area (Å²) in [5, 5.41) is 3.27. The van der Waals surface area contributed by atoms with Gasteiger partial charge in [0.15, 0.2) is 0 Å². The molecule has 1 heterocycles. The van der Waals surface area contributed by atoms with Crippen LogP contribution in [0.25, 0.3) is 0 Å². The van der Waals surface area contributed by atoms with Crippen LogP contribution in [0.4, 0.5) is 5.82 Å².